The molecular formula is C15H31N3O. The maximum Gasteiger partial charge on any atom is 0.223 e. The maximum absolute atomic E-state index is 12.1. The quantitative estimate of drug-likeness (QED) is 0.770. The Kier molecular flexibility index (Phi) is 6.80. The molecule has 1 aliphatic heterocycles. The number of amides is 1. The first-order valence-electron chi connectivity index (χ1n) is 7.68. The fraction of sp³-hybridized carbons (Fsp3) is 0.933. The van der Waals surface area contributed by atoms with E-state index in [4.69, 9.17) is 0 Å². The molecule has 0 aromatic heterocycles. The Morgan fingerprint density at radius 2 is 1.95 bits per heavy atom. The number of carbonyl (C=O) groups is 1. The summed E-state index contributed by atoms with van der Waals surface area (Å²) in [4.78, 5) is 14.5. The molecule has 2 atom stereocenters. The van der Waals surface area contributed by atoms with E-state index < -0.39 is 0 Å². The highest BCUT2D eigenvalue weighted by molar-refractivity contribution is 5.78. The van der Waals surface area contributed by atoms with Gasteiger partial charge in [-0.2, -0.15) is 0 Å². The van der Waals surface area contributed by atoms with Gasteiger partial charge in [-0.15, -0.1) is 0 Å². The molecule has 0 aliphatic carbocycles. The molecule has 0 saturated carbocycles. The van der Waals surface area contributed by atoms with Crippen LogP contribution >= 0.6 is 0 Å². The zero-order chi connectivity index (χ0) is 14.4. The van der Waals surface area contributed by atoms with Crippen molar-refractivity contribution in [2.75, 3.05) is 19.6 Å². The summed E-state index contributed by atoms with van der Waals surface area (Å²) in [6, 6.07) is 1.51. The molecule has 1 amide bonds. The summed E-state index contributed by atoms with van der Waals surface area (Å²) in [6.45, 7) is 13.6. The smallest absolute Gasteiger partial charge is 0.223 e. The number of hydrogen-bond acceptors (Lipinski definition) is 3. The molecule has 4 heteroatoms. The van der Waals surface area contributed by atoms with Gasteiger partial charge < -0.3 is 10.6 Å². The second-order valence-corrected chi connectivity index (χ2v) is 6.29. The molecular weight excluding hydrogens is 238 g/mol. The Bertz CT molecular complexity index is 271. The van der Waals surface area contributed by atoms with Crippen molar-refractivity contribution in [1.29, 1.82) is 0 Å². The molecule has 0 aromatic rings. The van der Waals surface area contributed by atoms with Gasteiger partial charge in [0.2, 0.25) is 5.91 Å². The van der Waals surface area contributed by atoms with Gasteiger partial charge in [0.05, 0.1) is 0 Å². The van der Waals surface area contributed by atoms with Crippen LogP contribution in [0.1, 0.15) is 47.5 Å². The number of rotatable bonds is 6. The van der Waals surface area contributed by atoms with Gasteiger partial charge >= 0.3 is 0 Å². The molecule has 1 saturated heterocycles. The summed E-state index contributed by atoms with van der Waals surface area (Å²) in [7, 11) is 0. The van der Waals surface area contributed by atoms with Gasteiger partial charge in [0, 0.05) is 37.1 Å². The lowest BCUT2D eigenvalue weighted by atomic mass is 9.92. The van der Waals surface area contributed by atoms with Gasteiger partial charge in [0.25, 0.3) is 0 Å². The average molecular weight is 269 g/mol. The third-order valence-corrected chi connectivity index (χ3v) is 3.99. The van der Waals surface area contributed by atoms with E-state index in [1.54, 1.807) is 0 Å². The number of hydrogen-bond donors (Lipinski definition) is 2. The van der Waals surface area contributed by atoms with E-state index in [0.29, 0.717) is 18.1 Å². The molecule has 1 aliphatic rings. The van der Waals surface area contributed by atoms with Crippen molar-refractivity contribution < 1.29 is 4.79 Å². The Hall–Kier alpha value is -0.610. The van der Waals surface area contributed by atoms with Crippen molar-refractivity contribution in [3.63, 3.8) is 0 Å². The van der Waals surface area contributed by atoms with Crippen molar-refractivity contribution in [2.45, 2.75) is 65.6 Å². The van der Waals surface area contributed by atoms with Crippen LogP contribution in [0, 0.1) is 5.92 Å². The third kappa shape index (κ3) is 5.49. The summed E-state index contributed by atoms with van der Waals surface area (Å²) in [6.07, 6.45) is 1.93. The first kappa shape index (κ1) is 16.4. The molecule has 1 heterocycles. The first-order chi connectivity index (χ1) is 8.91. The van der Waals surface area contributed by atoms with E-state index >= 15 is 0 Å². The highest BCUT2D eigenvalue weighted by Crippen LogP contribution is 2.15. The van der Waals surface area contributed by atoms with Crippen LogP contribution in [0.5, 0.6) is 0 Å². The minimum atomic E-state index is 0.197. The highest BCUT2D eigenvalue weighted by Gasteiger charge is 2.24. The van der Waals surface area contributed by atoms with Crippen molar-refractivity contribution in [2.24, 2.45) is 5.92 Å². The second-order valence-electron chi connectivity index (χ2n) is 6.29. The van der Waals surface area contributed by atoms with Crippen LogP contribution in [0.3, 0.4) is 0 Å². The first-order valence-corrected chi connectivity index (χ1v) is 7.68. The molecule has 4 nitrogen and oxygen atoms in total. The second kappa shape index (κ2) is 7.85. The van der Waals surface area contributed by atoms with Gasteiger partial charge in [0.1, 0.15) is 0 Å². The Morgan fingerprint density at radius 3 is 2.47 bits per heavy atom. The number of nitrogens with one attached hydrogen (secondary N) is 2. The van der Waals surface area contributed by atoms with Gasteiger partial charge in [0.15, 0.2) is 0 Å². The lowest BCUT2D eigenvalue weighted by Gasteiger charge is -2.31. The predicted molar refractivity (Wildman–Crippen MR) is 80.2 cm³/mol. The zero-order valence-electron chi connectivity index (χ0n) is 13.2. The van der Waals surface area contributed by atoms with Crippen LogP contribution in [0.15, 0.2) is 0 Å². The predicted octanol–water partition coefficient (Wildman–Crippen LogP) is 1.61. The summed E-state index contributed by atoms with van der Waals surface area (Å²) in [5.74, 6) is 0.434. The SMILES string of the molecule is CC(C)N(CCNC(=O)[C@H]1CCN[C@@H](C)C1)C(C)C. The minimum Gasteiger partial charge on any atom is -0.355 e. The van der Waals surface area contributed by atoms with E-state index in [9.17, 15) is 4.79 Å². The van der Waals surface area contributed by atoms with Crippen LogP contribution in [-0.2, 0) is 4.79 Å². The van der Waals surface area contributed by atoms with Gasteiger partial charge in [-0.05, 0) is 54.0 Å². The van der Waals surface area contributed by atoms with E-state index in [1.165, 1.54) is 0 Å². The zero-order valence-corrected chi connectivity index (χ0v) is 13.2. The van der Waals surface area contributed by atoms with Crippen LogP contribution in [0.2, 0.25) is 0 Å². The molecule has 0 bridgehead atoms. The molecule has 112 valence electrons. The molecule has 0 aromatic carbocycles. The number of nitrogens with zero attached hydrogens (tertiary/aromatic N) is 1. The third-order valence-electron chi connectivity index (χ3n) is 3.99. The molecule has 19 heavy (non-hydrogen) atoms. The van der Waals surface area contributed by atoms with Crippen LogP contribution in [-0.4, -0.2) is 48.6 Å². The normalized spacial score (nSPS) is 24.2. The molecule has 0 spiro atoms. The Morgan fingerprint density at radius 1 is 1.32 bits per heavy atom. The lowest BCUT2D eigenvalue weighted by molar-refractivity contribution is -0.126. The van der Waals surface area contributed by atoms with Crippen molar-refractivity contribution in [3.05, 3.63) is 0 Å². The van der Waals surface area contributed by atoms with Crippen molar-refractivity contribution in [1.82, 2.24) is 15.5 Å². The van der Waals surface area contributed by atoms with Crippen molar-refractivity contribution in [3.8, 4) is 0 Å². The summed E-state index contributed by atoms with van der Waals surface area (Å²) in [5, 5.41) is 6.49. The number of carbonyl (C=O) groups excluding carboxylic acids is 1. The van der Waals surface area contributed by atoms with E-state index in [-0.39, 0.29) is 11.8 Å². The van der Waals surface area contributed by atoms with Gasteiger partial charge in [-0.1, -0.05) is 0 Å². The van der Waals surface area contributed by atoms with Crippen molar-refractivity contribution >= 4 is 5.91 Å². The summed E-state index contributed by atoms with van der Waals surface area (Å²) >= 11 is 0. The maximum atomic E-state index is 12.1. The molecule has 1 fully saturated rings. The topological polar surface area (TPSA) is 44.4 Å². The van der Waals surface area contributed by atoms with E-state index in [0.717, 1.165) is 32.5 Å². The monoisotopic (exact) mass is 269 g/mol. The average Bonchev–Trinajstić information content (AvgIpc) is 2.33. The van der Waals surface area contributed by atoms with Gasteiger partial charge in [-0.25, -0.2) is 0 Å². The van der Waals surface area contributed by atoms with Crippen LogP contribution in [0.25, 0.3) is 0 Å². The number of piperidine rings is 1. The summed E-state index contributed by atoms with van der Waals surface area (Å²) < 4.78 is 0. The Labute approximate surface area is 118 Å². The fourth-order valence-electron chi connectivity index (χ4n) is 2.94. The Balaban J connectivity index is 2.29. The molecule has 0 radical (unpaired) electrons. The largest absolute Gasteiger partial charge is 0.355 e. The van der Waals surface area contributed by atoms with E-state index in [1.807, 2.05) is 0 Å². The van der Waals surface area contributed by atoms with Crippen LogP contribution in [0.4, 0.5) is 0 Å². The fourth-order valence-corrected chi connectivity index (χ4v) is 2.94. The molecule has 2 N–H and O–H groups in total. The highest BCUT2D eigenvalue weighted by atomic mass is 16.1. The molecule has 0 unspecified atom stereocenters. The van der Waals surface area contributed by atoms with Crippen LogP contribution < -0.4 is 10.6 Å². The minimum absolute atomic E-state index is 0.197. The molecule has 1 rings (SSSR count). The van der Waals surface area contributed by atoms with Gasteiger partial charge in [-0.3, -0.25) is 9.69 Å². The summed E-state index contributed by atoms with van der Waals surface area (Å²) in [5.41, 5.74) is 0. The van der Waals surface area contributed by atoms with E-state index in [2.05, 4.69) is 50.2 Å². The standard InChI is InChI=1S/C15H31N3O/c1-11(2)18(12(3)4)9-8-17-15(19)14-6-7-16-13(5)10-14/h11-14,16H,6-10H2,1-5H3,(H,17,19)/t13-,14-/m0/s1. The lowest BCUT2D eigenvalue weighted by Crippen LogP contribution is -2.46.